The van der Waals surface area contributed by atoms with Crippen LogP contribution in [0.5, 0.6) is 0 Å². The van der Waals surface area contributed by atoms with Crippen molar-refractivity contribution in [1.82, 2.24) is 14.3 Å². The smallest absolute Gasteiger partial charge is 0.341 e. The van der Waals surface area contributed by atoms with E-state index in [1.165, 1.54) is 6.20 Å². The van der Waals surface area contributed by atoms with E-state index in [4.69, 9.17) is 14.6 Å². The van der Waals surface area contributed by atoms with Crippen LogP contribution in [0.25, 0.3) is 49.8 Å². The Morgan fingerprint density at radius 2 is 1.90 bits per heavy atom. The lowest BCUT2D eigenvalue weighted by Crippen LogP contribution is -2.18. The second-order valence-electron chi connectivity index (χ2n) is 9.84. The van der Waals surface area contributed by atoms with E-state index >= 15 is 4.39 Å². The number of fused-ring (bicyclic) bond motifs is 4. The number of aromatic nitrogens is 2. The van der Waals surface area contributed by atoms with E-state index in [-0.39, 0.29) is 22.2 Å². The van der Waals surface area contributed by atoms with Crippen LogP contribution in [0.2, 0.25) is 0 Å². The summed E-state index contributed by atoms with van der Waals surface area (Å²) in [6.07, 6.45) is 2.94. The summed E-state index contributed by atoms with van der Waals surface area (Å²) < 4.78 is 29.3. The Hall–Kier alpha value is -4.77. The molecular formula is C28H26FN5O5. The van der Waals surface area contributed by atoms with Gasteiger partial charge in [0, 0.05) is 36.6 Å². The Kier molecular flexibility index (Phi) is 5.80. The molecule has 0 saturated heterocycles. The highest BCUT2D eigenvalue weighted by atomic mass is 19.1. The molecule has 3 heterocycles. The first kappa shape index (κ1) is 24.6. The number of anilines is 2. The van der Waals surface area contributed by atoms with Crippen molar-refractivity contribution in [3.05, 3.63) is 64.2 Å². The number of hydrogen-bond donors (Lipinski definition) is 4. The molecule has 3 aromatic heterocycles. The standard InChI is InChI=1S/C28H26FN5O5/c1-33(2)8-4-3-7-31-24-17(29)10-15-25-27(24)39-23-11-19-22(38-21-9-14(30)5-6-18(21)32-19)12-20(23)34(25)13-16(26(15)35)28(36)37/h5-6,9-13,31-32H,3-4,7-8,30H2,1-2H3,(H,36,37). The van der Waals surface area contributed by atoms with Crippen molar-refractivity contribution in [3.63, 3.8) is 0 Å². The fourth-order valence-corrected chi connectivity index (χ4v) is 4.90. The topological polar surface area (TPSA) is 142 Å². The number of rotatable bonds is 7. The lowest BCUT2D eigenvalue weighted by molar-refractivity contribution is 0.0695. The van der Waals surface area contributed by atoms with Gasteiger partial charge in [-0.1, -0.05) is 0 Å². The third-order valence-corrected chi connectivity index (χ3v) is 6.79. The van der Waals surface area contributed by atoms with E-state index in [1.54, 1.807) is 34.7 Å². The van der Waals surface area contributed by atoms with Gasteiger partial charge in [0.15, 0.2) is 28.1 Å². The quantitative estimate of drug-likeness (QED) is 0.0958. The van der Waals surface area contributed by atoms with Gasteiger partial charge in [-0.15, -0.1) is 0 Å². The van der Waals surface area contributed by atoms with Gasteiger partial charge in [-0.25, -0.2) is 9.18 Å². The number of H-pyrrole nitrogens is 1. The molecule has 0 saturated carbocycles. The predicted octanol–water partition coefficient (Wildman–Crippen LogP) is 5.16. The number of benzene rings is 3. The van der Waals surface area contributed by atoms with Crippen molar-refractivity contribution in [1.29, 1.82) is 0 Å². The minimum absolute atomic E-state index is 0.0962. The van der Waals surface area contributed by atoms with Crippen molar-refractivity contribution in [2.45, 2.75) is 12.8 Å². The summed E-state index contributed by atoms with van der Waals surface area (Å²) in [5, 5.41) is 12.8. The van der Waals surface area contributed by atoms with Gasteiger partial charge in [-0.2, -0.15) is 0 Å². The second kappa shape index (κ2) is 9.21. The number of aromatic carboxylic acids is 1. The van der Waals surface area contributed by atoms with Gasteiger partial charge < -0.3 is 39.3 Å². The van der Waals surface area contributed by atoms with Crippen molar-refractivity contribution < 1.29 is 23.1 Å². The van der Waals surface area contributed by atoms with Crippen LogP contribution in [-0.4, -0.2) is 52.5 Å². The Labute approximate surface area is 220 Å². The second-order valence-corrected chi connectivity index (χ2v) is 9.84. The number of nitrogens with two attached hydrogens (primary N) is 1. The Bertz CT molecular complexity index is 2010. The zero-order valence-electron chi connectivity index (χ0n) is 21.3. The first-order chi connectivity index (χ1) is 18.7. The first-order valence-electron chi connectivity index (χ1n) is 12.5. The van der Waals surface area contributed by atoms with Gasteiger partial charge in [-0.3, -0.25) is 4.79 Å². The normalized spacial score (nSPS) is 12.0. The maximum absolute atomic E-state index is 15.4. The molecule has 0 amide bonds. The fourth-order valence-electron chi connectivity index (χ4n) is 4.90. The lowest BCUT2D eigenvalue weighted by Gasteiger charge is -2.17. The highest BCUT2D eigenvalue weighted by Crippen LogP contribution is 2.35. The summed E-state index contributed by atoms with van der Waals surface area (Å²) in [4.78, 5) is 30.4. The molecule has 0 bridgehead atoms. The number of nitrogen functional groups attached to an aromatic ring is 1. The molecule has 10 nitrogen and oxygen atoms in total. The van der Waals surface area contributed by atoms with Crippen LogP contribution in [0.15, 0.2) is 56.2 Å². The molecule has 6 aromatic rings. The van der Waals surface area contributed by atoms with Crippen LogP contribution in [0.1, 0.15) is 23.2 Å². The molecule has 3 aromatic carbocycles. The maximum atomic E-state index is 15.4. The minimum atomic E-state index is -1.41. The molecule has 0 aliphatic heterocycles. The third-order valence-electron chi connectivity index (χ3n) is 6.79. The Morgan fingerprint density at radius 1 is 1.10 bits per heavy atom. The predicted molar refractivity (Wildman–Crippen MR) is 149 cm³/mol. The summed E-state index contributed by atoms with van der Waals surface area (Å²) in [6.45, 7) is 1.38. The van der Waals surface area contributed by atoms with Crippen LogP contribution in [-0.2, 0) is 0 Å². The number of nitrogens with one attached hydrogen (secondary N) is 2. The average molecular weight is 532 g/mol. The number of halogens is 1. The van der Waals surface area contributed by atoms with Crippen LogP contribution in [0, 0.1) is 5.82 Å². The molecule has 0 fully saturated rings. The van der Waals surface area contributed by atoms with Crippen LogP contribution < -0.4 is 16.5 Å². The van der Waals surface area contributed by atoms with Crippen molar-refractivity contribution >= 4 is 67.1 Å². The van der Waals surface area contributed by atoms with Gasteiger partial charge in [0.05, 0.1) is 21.9 Å². The lowest BCUT2D eigenvalue weighted by atomic mass is 10.1. The molecule has 11 heteroatoms. The van der Waals surface area contributed by atoms with E-state index in [0.29, 0.717) is 45.5 Å². The summed E-state index contributed by atoms with van der Waals surface area (Å²) >= 11 is 0. The molecular weight excluding hydrogens is 505 g/mol. The average Bonchev–Trinajstić information content (AvgIpc) is 2.88. The molecule has 6 rings (SSSR count). The number of pyridine rings is 1. The molecule has 0 radical (unpaired) electrons. The van der Waals surface area contributed by atoms with E-state index in [9.17, 15) is 14.7 Å². The number of nitrogens with zero attached hydrogens (tertiary/aromatic N) is 2. The van der Waals surface area contributed by atoms with Crippen LogP contribution in [0.4, 0.5) is 15.8 Å². The van der Waals surface area contributed by atoms with Gasteiger partial charge in [0.25, 0.3) is 0 Å². The molecule has 0 atom stereocenters. The summed E-state index contributed by atoms with van der Waals surface area (Å²) in [5.41, 5.74) is 8.70. The van der Waals surface area contributed by atoms with Crippen LogP contribution in [0.3, 0.4) is 0 Å². The Balaban J connectivity index is 1.64. The molecule has 0 aliphatic rings. The molecule has 200 valence electrons. The van der Waals surface area contributed by atoms with E-state index < -0.39 is 22.8 Å². The molecule has 5 N–H and O–H groups in total. The first-order valence-corrected chi connectivity index (χ1v) is 12.5. The van der Waals surface area contributed by atoms with E-state index in [0.717, 1.165) is 25.5 Å². The minimum Gasteiger partial charge on any atom is -0.477 e. The van der Waals surface area contributed by atoms with E-state index in [1.807, 2.05) is 14.1 Å². The fraction of sp³-hybridized carbons (Fsp3) is 0.214. The monoisotopic (exact) mass is 531 g/mol. The molecule has 0 unspecified atom stereocenters. The largest absolute Gasteiger partial charge is 0.477 e. The SMILES string of the molecule is CN(C)CCCCNc1c(F)cc2c(=O)c(C(=O)O)cn3c4cc5oc6cc(N)ccc6[nH]c5cc4oc1c23. The van der Waals surface area contributed by atoms with Crippen molar-refractivity contribution in [3.8, 4) is 0 Å². The zero-order valence-corrected chi connectivity index (χ0v) is 21.3. The number of unbranched alkanes of at least 4 members (excludes halogenated alkanes) is 1. The van der Waals surface area contributed by atoms with Gasteiger partial charge in [0.2, 0.25) is 5.43 Å². The van der Waals surface area contributed by atoms with Crippen molar-refractivity contribution in [2.24, 2.45) is 0 Å². The van der Waals surface area contributed by atoms with Crippen LogP contribution >= 0.6 is 0 Å². The van der Waals surface area contributed by atoms with E-state index in [2.05, 4.69) is 15.2 Å². The maximum Gasteiger partial charge on any atom is 0.341 e. The molecule has 0 aliphatic carbocycles. The van der Waals surface area contributed by atoms with Gasteiger partial charge >= 0.3 is 5.97 Å². The highest BCUT2D eigenvalue weighted by Gasteiger charge is 2.23. The third kappa shape index (κ3) is 4.16. The summed E-state index contributed by atoms with van der Waals surface area (Å²) in [6, 6.07) is 9.67. The van der Waals surface area contributed by atoms with Gasteiger partial charge in [0.1, 0.15) is 16.8 Å². The number of aromatic amines is 1. The zero-order chi connectivity index (χ0) is 27.4. The number of hydrogen-bond acceptors (Lipinski definition) is 7. The van der Waals surface area contributed by atoms with Gasteiger partial charge in [-0.05, 0) is 51.7 Å². The molecule has 39 heavy (non-hydrogen) atoms. The summed E-state index contributed by atoms with van der Waals surface area (Å²) in [7, 11) is 3.98. The molecule has 0 spiro atoms. The number of carboxylic acids is 1. The van der Waals surface area contributed by atoms with Crippen molar-refractivity contribution in [2.75, 3.05) is 38.2 Å². The summed E-state index contributed by atoms with van der Waals surface area (Å²) in [5.74, 6) is -2.12. The number of carboxylic acid groups (broad SMARTS) is 1. The Morgan fingerprint density at radius 3 is 2.67 bits per heavy atom. The number of carbonyl (C=O) groups is 1. The highest BCUT2D eigenvalue weighted by molar-refractivity contribution is 6.06.